The number of H-pyrrole nitrogens is 1. The first-order chi connectivity index (χ1) is 14.3. The van der Waals surface area contributed by atoms with Crippen molar-refractivity contribution in [1.29, 1.82) is 0 Å². The first-order valence-electron chi connectivity index (χ1n) is 9.11. The highest BCUT2D eigenvalue weighted by Gasteiger charge is 2.30. The minimum atomic E-state index is -4.51. The second-order valence-electron chi connectivity index (χ2n) is 6.65. The third-order valence-electron chi connectivity index (χ3n) is 4.57. The number of esters is 1. The predicted molar refractivity (Wildman–Crippen MR) is 106 cm³/mol. The monoisotopic (exact) mass is 419 g/mol. The standard InChI is InChI=1S/C21H20F3N3O3/c1-30-20(29)18(9-13-11-25-17-8-3-2-7-16(13)17)26-12-19(28)27-15-6-4-5-14(10-15)21(22,23)24/h2-8,10-11,18,25-26H,9,12H2,1H3,(H,27,28)/t18-/m0/s1. The average molecular weight is 419 g/mol. The van der Waals surface area contributed by atoms with Crippen LogP contribution in [0.5, 0.6) is 0 Å². The van der Waals surface area contributed by atoms with Crippen LogP contribution >= 0.6 is 0 Å². The minimum absolute atomic E-state index is 0.0165. The molecule has 0 saturated heterocycles. The average Bonchev–Trinajstić information content (AvgIpc) is 3.13. The van der Waals surface area contributed by atoms with Gasteiger partial charge < -0.3 is 15.0 Å². The number of hydrogen-bond donors (Lipinski definition) is 3. The number of ether oxygens (including phenoxy) is 1. The Bertz CT molecular complexity index is 1050. The molecule has 0 unspecified atom stereocenters. The number of fused-ring (bicyclic) bond motifs is 1. The van der Waals surface area contributed by atoms with E-state index in [4.69, 9.17) is 4.74 Å². The normalized spacial score (nSPS) is 12.5. The summed E-state index contributed by atoms with van der Waals surface area (Å²) in [5.41, 5.74) is 0.938. The van der Waals surface area contributed by atoms with Gasteiger partial charge >= 0.3 is 12.1 Å². The maximum Gasteiger partial charge on any atom is 0.416 e. The van der Waals surface area contributed by atoms with Crippen LogP contribution in [0.15, 0.2) is 54.7 Å². The van der Waals surface area contributed by atoms with Crippen LogP contribution in [0.25, 0.3) is 10.9 Å². The molecule has 1 atom stereocenters. The van der Waals surface area contributed by atoms with Crippen molar-refractivity contribution in [2.45, 2.75) is 18.6 Å². The lowest BCUT2D eigenvalue weighted by atomic mass is 10.0. The minimum Gasteiger partial charge on any atom is -0.468 e. The van der Waals surface area contributed by atoms with E-state index in [-0.39, 0.29) is 18.7 Å². The van der Waals surface area contributed by atoms with Gasteiger partial charge in [0.05, 0.1) is 19.2 Å². The summed E-state index contributed by atoms with van der Waals surface area (Å²) in [6.45, 7) is -0.279. The predicted octanol–water partition coefficient (Wildman–Crippen LogP) is 3.50. The van der Waals surface area contributed by atoms with Gasteiger partial charge in [0.15, 0.2) is 0 Å². The molecule has 0 spiro atoms. The first kappa shape index (κ1) is 21.4. The van der Waals surface area contributed by atoms with E-state index in [2.05, 4.69) is 15.6 Å². The number of amides is 1. The number of carbonyl (C=O) groups is 2. The van der Waals surface area contributed by atoms with Gasteiger partial charge in [0.25, 0.3) is 0 Å². The van der Waals surface area contributed by atoms with Crippen LogP contribution in [0, 0.1) is 0 Å². The summed E-state index contributed by atoms with van der Waals surface area (Å²) < 4.78 is 43.2. The van der Waals surface area contributed by atoms with E-state index in [0.717, 1.165) is 28.6 Å². The van der Waals surface area contributed by atoms with Crippen molar-refractivity contribution in [3.8, 4) is 0 Å². The Hall–Kier alpha value is -3.33. The number of methoxy groups -OCH3 is 1. The molecule has 0 aliphatic carbocycles. The summed E-state index contributed by atoms with van der Waals surface area (Å²) in [4.78, 5) is 27.5. The third-order valence-corrected chi connectivity index (χ3v) is 4.57. The number of benzene rings is 2. The number of rotatable bonds is 7. The third kappa shape index (κ3) is 5.18. The first-order valence-corrected chi connectivity index (χ1v) is 9.11. The number of aromatic nitrogens is 1. The van der Waals surface area contributed by atoms with Gasteiger partial charge in [-0.2, -0.15) is 13.2 Å². The molecule has 1 aromatic heterocycles. The molecular weight excluding hydrogens is 399 g/mol. The van der Waals surface area contributed by atoms with E-state index < -0.39 is 29.7 Å². The maximum absolute atomic E-state index is 12.8. The number of halogens is 3. The molecule has 3 rings (SSSR count). The second kappa shape index (κ2) is 9.00. The van der Waals surface area contributed by atoms with Gasteiger partial charge in [-0.3, -0.25) is 14.9 Å². The summed E-state index contributed by atoms with van der Waals surface area (Å²) in [5.74, 6) is -1.13. The van der Waals surface area contributed by atoms with Gasteiger partial charge in [-0.05, 0) is 29.8 Å². The molecule has 0 fully saturated rings. The number of carbonyl (C=O) groups excluding carboxylic acids is 2. The summed E-state index contributed by atoms with van der Waals surface area (Å²) in [5, 5.41) is 6.16. The fraction of sp³-hybridized carbons (Fsp3) is 0.238. The highest BCUT2D eigenvalue weighted by Crippen LogP contribution is 2.30. The summed E-state index contributed by atoms with van der Waals surface area (Å²) in [6.07, 6.45) is -2.45. The van der Waals surface area contributed by atoms with Crippen molar-refractivity contribution in [2.75, 3.05) is 19.0 Å². The van der Waals surface area contributed by atoms with Crippen molar-refractivity contribution in [1.82, 2.24) is 10.3 Å². The van der Waals surface area contributed by atoms with Crippen molar-refractivity contribution in [3.63, 3.8) is 0 Å². The number of aromatic amines is 1. The fourth-order valence-electron chi connectivity index (χ4n) is 3.10. The fourth-order valence-corrected chi connectivity index (χ4v) is 3.10. The Morgan fingerprint density at radius 3 is 2.63 bits per heavy atom. The van der Waals surface area contributed by atoms with Crippen LogP contribution < -0.4 is 10.6 Å². The molecule has 6 nitrogen and oxygen atoms in total. The number of nitrogens with one attached hydrogen (secondary N) is 3. The highest BCUT2D eigenvalue weighted by molar-refractivity contribution is 5.93. The van der Waals surface area contributed by atoms with E-state index in [1.807, 2.05) is 24.3 Å². The van der Waals surface area contributed by atoms with E-state index in [9.17, 15) is 22.8 Å². The van der Waals surface area contributed by atoms with Crippen LogP contribution in [-0.4, -0.2) is 36.6 Å². The van der Waals surface area contributed by atoms with Crippen molar-refractivity contribution < 1.29 is 27.5 Å². The number of anilines is 1. The lowest BCUT2D eigenvalue weighted by Crippen LogP contribution is -2.43. The Kier molecular flexibility index (Phi) is 6.41. The van der Waals surface area contributed by atoms with Crippen LogP contribution in [0.1, 0.15) is 11.1 Å². The zero-order valence-corrected chi connectivity index (χ0v) is 16.0. The zero-order chi connectivity index (χ0) is 21.7. The molecule has 3 N–H and O–H groups in total. The van der Waals surface area contributed by atoms with Gasteiger partial charge in [0.2, 0.25) is 5.91 Å². The summed E-state index contributed by atoms with van der Waals surface area (Å²) >= 11 is 0. The van der Waals surface area contributed by atoms with Crippen LogP contribution in [0.3, 0.4) is 0 Å². The molecular formula is C21H20F3N3O3. The summed E-state index contributed by atoms with van der Waals surface area (Å²) in [6, 6.07) is 11.1. The zero-order valence-electron chi connectivity index (χ0n) is 16.0. The van der Waals surface area contributed by atoms with Crippen molar-refractivity contribution >= 4 is 28.5 Å². The molecule has 0 bridgehead atoms. The molecule has 0 aliphatic heterocycles. The lowest BCUT2D eigenvalue weighted by Gasteiger charge is -2.16. The molecule has 30 heavy (non-hydrogen) atoms. The Morgan fingerprint density at radius 2 is 1.90 bits per heavy atom. The number of alkyl halides is 3. The molecule has 158 valence electrons. The van der Waals surface area contributed by atoms with Gasteiger partial charge in [0.1, 0.15) is 6.04 Å². The van der Waals surface area contributed by atoms with E-state index in [0.29, 0.717) is 0 Å². The molecule has 2 aromatic carbocycles. The smallest absolute Gasteiger partial charge is 0.416 e. The second-order valence-corrected chi connectivity index (χ2v) is 6.65. The molecule has 0 saturated carbocycles. The number of para-hydroxylation sites is 1. The highest BCUT2D eigenvalue weighted by atomic mass is 19.4. The van der Waals surface area contributed by atoms with Crippen molar-refractivity contribution in [3.05, 3.63) is 65.9 Å². The lowest BCUT2D eigenvalue weighted by molar-refractivity contribution is -0.143. The van der Waals surface area contributed by atoms with Crippen LogP contribution in [0.4, 0.5) is 18.9 Å². The quantitative estimate of drug-likeness (QED) is 0.512. The Balaban J connectivity index is 1.65. The van der Waals surface area contributed by atoms with Crippen molar-refractivity contribution in [2.24, 2.45) is 0 Å². The van der Waals surface area contributed by atoms with Gasteiger partial charge in [-0.1, -0.05) is 24.3 Å². The molecule has 0 aliphatic rings. The maximum atomic E-state index is 12.8. The SMILES string of the molecule is COC(=O)[C@H](Cc1c[nH]c2ccccc12)NCC(=O)Nc1cccc(C(F)(F)F)c1. The topological polar surface area (TPSA) is 83.2 Å². The van der Waals surface area contributed by atoms with E-state index in [1.54, 1.807) is 6.20 Å². The number of hydrogen-bond acceptors (Lipinski definition) is 4. The van der Waals surface area contributed by atoms with Crippen LogP contribution in [0.2, 0.25) is 0 Å². The Morgan fingerprint density at radius 1 is 1.13 bits per heavy atom. The molecule has 1 amide bonds. The van der Waals surface area contributed by atoms with Gasteiger partial charge in [0, 0.05) is 29.2 Å². The molecule has 9 heteroatoms. The molecule has 1 heterocycles. The van der Waals surface area contributed by atoms with Gasteiger partial charge in [-0.15, -0.1) is 0 Å². The molecule has 3 aromatic rings. The Labute approximate surface area is 170 Å². The summed E-state index contributed by atoms with van der Waals surface area (Å²) in [7, 11) is 1.24. The van der Waals surface area contributed by atoms with Crippen LogP contribution in [-0.2, 0) is 26.9 Å². The molecule has 0 radical (unpaired) electrons. The van der Waals surface area contributed by atoms with Gasteiger partial charge in [-0.25, -0.2) is 0 Å². The van der Waals surface area contributed by atoms with E-state index in [1.165, 1.54) is 19.2 Å². The largest absolute Gasteiger partial charge is 0.468 e. The van der Waals surface area contributed by atoms with E-state index >= 15 is 0 Å².